The Hall–Kier alpha value is -3.08. The number of thiazole rings is 1. The van der Waals surface area contributed by atoms with Crippen LogP contribution in [0.25, 0.3) is 27.6 Å². The van der Waals surface area contributed by atoms with Crippen LogP contribution in [0.15, 0.2) is 71.2 Å². The van der Waals surface area contributed by atoms with Gasteiger partial charge in [0.05, 0.1) is 16.2 Å². The minimum absolute atomic E-state index is 0.160. The number of fused-ring (bicyclic) bond motifs is 1. The number of hydrogen-bond donors (Lipinski definition) is 0. The standard InChI is InChI=1S/C26H22F3N3O2S2/c1-32-11-7-17(8-12-32)23-15-19(26(27,28)29)2-4-22(23)25-21-5-3-20(14-18(21)6-9-31-25)36(33,34)16-24-30-10-13-35-24/h2-7,9-10,13-15H,8,11-12,16H2,1H3. The number of halogens is 3. The van der Waals surface area contributed by atoms with Crippen LogP contribution in [-0.4, -0.2) is 43.4 Å². The molecule has 0 unspecified atom stereocenters. The monoisotopic (exact) mass is 529 g/mol. The van der Waals surface area contributed by atoms with Gasteiger partial charge in [-0.25, -0.2) is 13.4 Å². The predicted octanol–water partition coefficient (Wildman–Crippen LogP) is 6.07. The third kappa shape index (κ3) is 4.93. The molecule has 0 fully saturated rings. The van der Waals surface area contributed by atoms with E-state index in [9.17, 15) is 21.6 Å². The van der Waals surface area contributed by atoms with E-state index in [0.29, 0.717) is 45.6 Å². The highest BCUT2D eigenvalue weighted by Gasteiger charge is 2.32. The van der Waals surface area contributed by atoms with E-state index in [4.69, 9.17) is 0 Å². The summed E-state index contributed by atoms with van der Waals surface area (Å²) in [4.78, 5) is 10.8. The summed E-state index contributed by atoms with van der Waals surface area (Å²) in [5.74, 6) is -0.195. The number of pyridine rings is 1. The number of aromatic nitrogens is 2. The average Bonchev–Trinajstić information content (AvgIpc) is 3.35. The van der Waals surface area contributed by atoms with Crippen molar-refractivity contribution < 1.29 is 21.6 Å². The van der Waals surface area contributed by atoms with Crippen molar-refractivity contribution in [1.29, 1.82) is 0 Å². The molecular weight excluding hydrogens is 507 g/mol. The molecule has 0 aliphatic carbocycles. The highest BCUT2D eigenvalue weighted by atomic mass is 32.2. The third-order valence-corrected chi connectivity index (χ3v) is 8.84. The summed E-state index contributed by atoms with van der Waals surface area (Å²) < 4.78 is 66.6. The van der Waals surface area contributed by atoms with Crippen molar-refractivity contribution in [2.75, 3.05) is 20.1 Å². The smallest absolute Gasteiger partial charge is 0.302 e. The second-order valence-corrected chi connectivity index (χ2v) is 11.7. The molecule has 0 radical (unpaired) electrons. The van der Waals surface area contributed by atoms with Gasteiger partial charge >= 0.3 is 6.18 Å². The summed E-state index contributed by atoms with van der Waals surface area (Å²) >= 11 is 1.28. The van der Waals surface area contributed by atoms with Gasteiger partial charge < -0.3 is 4.90 Å². The zero-order valence-electron chi connectivity index (χ0n) is 19.3. The van der Waals surface area contributed by atoms with Crippen molar-refractivity contribution >= 4 is 37.5 Å². The van der Waals surface area contributed by atoms with Crippen LogP contribution in [0, 0.1) is 0 Å². The second kappa shape index (κ2) is 9.42. The molecule has 2 aromatic carbocycles. The van der Waals surface area contributed by atoms with Crippen LogP contribution in [0.5, 0.6) is 0 Å². The van der Waals surface area contributed by atoms with Gasteiger partial charge in [0, 0.05) is 41.8 Å². The molecule has 5 nitrogen and oxygen atoms in total. The number of nitrogens with zero attached hydrogens (tertiary/aromatic N) is 3. The Labute approximate surface area is 210 Å². The molecular formula is C26H22F3N3O2S2. The lowest BCUT2D eigenvalue weighted by Gasteiger charge is -2.24. The summed E-state index contributed by atoms with van der Waals surface area (Å²) in [5.41, 5.74) is 1.73. The van der Waals surface area contributed by atoms with Gasteiger partial charge in [0.15, 0.2) is 9.84 Å². The Kier molecular flexibility index (Phi) is 6.44. The van der Waals surface area contributed by atoms with E-state index in [1.807, 2.05) is 13.1 Å². The van der Waals surface area contributed by atoms with Gasteiger partial charge in [0.1, 0.15) is 10.8 Å². The molecule has 0 bridgehead atoms. The molecule has 0 saturated heterocycles. The number of rotatable bonds is 5. The first-order valence-corrected chi connectivity index (χ1v) is 13.7. The largest absolute Gasteiger partial charge is 0.416 e. The highest BCUT2D eigenvalue weighted by molar-refractivity contribution is 7.90. The van der Waals surface area contributed by atoms with E-state index in [2.05, 4.69) is 14.9 Å². The molecule has 2 aromatic heterocycles. The van der Waals surface area contributed by atoms with E-state index in [0.717, 1.165) is 18.2 Å². The summed E-state index contributed by atoms with van der Waals surface area (Å²) in [7, 11) is -1.65. The fourth-order valence-corrected chi connectivity index (χ4v) is 6.63. The molecule has 0 atom stereocenters. The number of alkyl halides is 3. The maximum atomic E-state index is 13.6. The molecule has 0 spiro atoms. The Balaban J connectivity index is 1.62. The lowest BCUT2D eigenvalue weighted by molar-refractivity contribution is -0.137. The molecule has 0 N–H and O–H groups in total. The molecule has 36 heavy (non-hydrogen) atoms. The van der Waals surface area contributed by atoms with Crippen molar-refractivity contribution in [2.24, 2.45) is 0 Å². The second-order valence-electron chi connectivity index (χ2n) is 8.73. The first-order valence-electron chi connectivity index (χ1n) is 11.2. The van der Waals surface area contributed by atoms with Gasteiger partial charge in [-0.3, -0.25) is 4.98 Å². The number of hydrogen-bond acceptors (Lipinski definition) is 6. The first-order chi connectivity index (χ1) is 17.1. The van der Waals surface area contributed by atoms with E-state index in [-0.39, 0.29) is 10.6 Å². The van der Waals surface area contributed by atoms with Crippen molar-refractivity contribution in [2.45, 2.75) is 23.2 Å². The van der Waals surface area contributed by atoms with Crippen molar-refractivity contribution in [3.63, 3.8) is 0 Å². The van der Waals surface area contributed by atoms with Crippen LogP contribution in [0.2, 0.25) is 0 Å². The minimum atomic E-state index is -4.47. The fraction of sp³-hybridized carbons (Fsp3) is 0.231. The normalized spacial score (nSPS) is 15.3. The lowest BCUT2D eigenvalue weighted by Crippen LogP contribution is -2.24. The average molecular weight is 530 g/mol. The van der Waals surface area contributed by atoms with Crippen molar-refractivity contribution in [1.82, 2.24) is 14.9 Å². The number of sulfone groups is 1. The maximum Gasteiger partial charge on any atom is 0.416 e. The predicted molar refractivity (Wildman–Crippen MR) is 135 cm³/mol. The lowest BCUT2D eigenvalue weighted by atomic mass is 9.90. The minimum Gasteiger partial charge on any atom is -0.302 e. The van der Waals surface area contributed by atoms with Crippen LogP contribution in [0.4, 0.5) is 13.2 Å². The summed E-state index contributed by atoms with van der Waals surface area (Å²) in [6, 6.07) is 10.2. The Bertz CT molecular complexity index is 1560. The summed E-state index contributed by atoms with van der Waals surface area (Å²) in [6.45, 7) is 1.39. The number of benzene rings is 2. The Morgan fingerprint density at radius 3 is 2.56 bits per heavy atom. The van der Waals surface area contributed by atoms with E-state index >= 15 is 0 Å². The molecule has 0 amide bonds. The summed E-state index contributed by atoms with van der Waals surface area (Å²) in [5, 5.41) is 3.54. The quantitative estimate of drug-likeness (QED) is 0.314. The van der Waals surface area contributed by atoms with Gasteiger partial charge in [0.25, 0.3) is 0 Å². The van der Waals surface area contributed by atoms with Gasteiger partial charge in [-0.15, -0.1) is 11.3 Å². The van der Waals surface area contributed by atoms with Crippen molar-refractivity contribution in [3.8, 4) is 11.3 Å². The molecule has 3 heterocycles. The van der Waals surface area contributed by atoms with Crippen molar-refractivity contribution in [3.05, 3.63) is 82.4 Å². The van der Waals surface area contributed by atoms with Crippen LogP contribution < -0.4 is 0 Å². The van der Waals surface area contributed by atoms with Gasteiger partial charge in [0.2, 0.25) is 0 Å². The van der Waals surface area contributed by atoms with Gasteiger partial charge in [-0.2, -0.15) is 13.2 Å². The molecule has 1 aliphatic rings. The zero-order valence-corrected chi connectivity index (χ0v) is 20.9. The van der Waals surface area contributed by atoms with Gasteiger partial charge in [-0.05, 0) is 60.3 Å². The SMILES string of the molecule is CN1CC=C(c2cc(C(F)(F)F)ccc2-c2nccc3cc(S(=O)(=O)Cc4nccs4)ccc23)CC1. The molecule has 4 aromatic rings. The third-order valence-electron chi connectivity index (χ3n) is 6.25. The van der Waals surface area contributed by atoms with Crippen LogP contribution in [-0.2, 0) is 21.8 Å². The van der Waals surface area contributed by atoms with Gasteiger partial charge in [-0.1, -0.05) is 18.2 Å². The molecule has 1 aliphatic heterocycles. The maximum absolute atomic E-state index is 13.6. The fourth-order valence-electron chi connectivity index (χ4n) is 4.34. The molecule has 186 valence electrons. The number of likely N-dealkylation sites (N-methyl/N-ethyl adjacent to an activating group) is 1. The topological polar surface area (TPSA) is 63.2 Å². The molecule has 0 saturated carbocycles. The van der Waals surface area contributed by atoms with Crippen LogP contribution >= 0.6 is 11.3 Å². The van der Waals surface area contributed by atoms with E-state index in [1.54, 1.807) is 36.0 Å². The summed E-state index contributed by atoms with van der Waals surface area (Å²) in [6.07, 6.45) is 1.23. The zero-order chi connectivity index (χ0) is 25.5. The molecule has 5 rings (SSSR count). The first kappa shape index (κ1) is 24.6. The van der Waals surface area contributed by atoms with E-state index in [1.165, 1.54) is 29.5 Å². The Morgan fingerprint density at radius 1 is 1.03 bits per heavy atom. The van der Waals surface area contributed by atoms with Crippen LogP contribution in [0.1, 0.15) is 22.6 Å². The van der Waals surface area contributed by atoms with E-state index < -0.39 is 21.6 Å². The Morgan fingerprint density at radius 2 is 1.86 bits per heavy atom. The molecule has 10 heteroatoms. The van der Waals surface area contributed by atoms with Crippen LogP contribution in [0.3, 0.4) is 0 Å². The highest BCUT2D eigenvalue weighted by Crippen LogP contribution is 2.39.